The topological polar surface area (TPSA) is 9.23 Å². The van der Waals surface area contributed by atoms with Crippen LogP contribution in [0.5, 0.6) is 0 Å². The van der Waals surface area contributed by atoms with E-state index in [0.717, 1.165) is 0 Å². The molecule has 0 aromatic heterocycles. The van der Waals surface area contributed by atoms with E-state index in [1.807, 2.05) is 0 Å². The maximum atomic E-state index is 6.25. The van der Waals surface area contributed by atoms with Gasteiger partial charge in [0.2, 0.25) is 0 Å². The van der Waals surface area contributed by atoms with Gasteiger partial charge in [0.05, 0.1) is 12.7 Å². The normalized spacial score (nSPS) is 24.0. The molecule has 3 aromatic carbocycles. The Balaban J connectivity index is 1.64. The Morgan fingerprint density at radius 2 is 1.31 bits per heavy atom. The van der Waals surface area contributed by atoms with Crippen molar-refractivity contribution in [2.75, 3.05) is 6.61 Å². The summed E-state index contributed by atoms with van der Waals surface area (Å²) >= 11 is 0. The van der Waals surface area contributed by atoms with Crippen LogP contribution in [0, 0.1) is 5.92 Å². The number of rotatable bonds is 2. The van der Waals surface area contributed by atoms with Crippen LogP contribution in [0.1, 0.15) is 28.4 Å². The molecule has 1 heterocycles. The lowest BCUT2D eigenvalue weighted by Gasteiger charge is -2.12. The molecule has 0 unspecified atom stereocenters. The highest BCUT2D eigenvalue weighted by molar-refractivity contribution is 5.90. The Bertz CT molecular complexity index is 983. The predicted octanol–water partition coefficient (Wildman–Crippen LogP) is 6.01. The molecule has 1 nitrogen and oxygen atoms in total. The minimum atomic E-state index is 0.135. The minimum absolute atomic E-state index is 0.135. The van der Waals surface area contributed by atoms with Crippen molar-refractivity contribution in [2.24, 2.45) is 5.92 Å². The second-order valence-electron chi connectivity index (χ2n) is 6.94. The van der Waals surface area contributed by atoms with Gasteiger partial charge in [-0.05, 0) is 33.4 Å². The number of benzene rings is 3. The van der Waals surface area contributed by atoms with Crippen LogP contribution >= 0.6 is 0 Å². The molecule has 3 aromatic rings. The van der Waals surface area contributed by atoms with Crippen molar-refractivity contribution in [3.8, 4) is 0 Å². The minimum Gasteiger partial charge on any atom is -0.368 e. The van der Waals surface area contributed by atoms with Gasteiger partial charge in [0.15, 0.2) is 0 Å². The Hall–Kier alpha value is -2.90. The average molecular weight is 336 g/mol. The summed E-state index contributed by atoms with van der Waals surface area (Å²) < 4.78 is 6.25. The fraction of sp³-hybridized carbons (Fsp3) is 0.120. The third-order valence-electron chi connectivity index (χ3n) is 5.32. The number of hydrogen-bond acceptors (Lipinski definition) is 1. The molecule has 1 fully saturated rings. The molecule has 0 spiro atoms. The van der Waals surface area contributed by atoms with Crippen molar-refractivity contribution in [2.45, 2.75) is 6.10 Å². The quantitative estimate of drug-likeness (QED) is 0.557. The molecule has 126 valence electrons. The van der Waals surface area contributed by atoms with E-state index in [1.165, 1.54) is 33.4 Å². The summed E-state index contributed by atoms with van der Waals surface area (Å²) in [6.07, 6.45) is 4.77. The zero-order chi connectivity index (χ0) is 17.3. The van der Waals surface area contributed by atoms with Crippen molar-refractivity contribution >= 4 is 17.7 Å². The third kappa shape index (κ3) is 2.61. The lowest BCUT2D eigenvalue weighted by molar-refractivity contribution is 0.107. The molecule has 0 saturated carbocycles. The fourth-order valence-corrected chi connectivity index (χ4v) is 4.17. The monoisotopic (exact) mass is 336 g/mol. The first-order valence-corrected chi connectivity index (χ1v) is 9.13. The second kappa shape index (κ2) is 6.44. The van der Waals surface area contributed by atoms with Gasteiger partial charge in [-0.1, -0.05) is 97.1 Å². The maximum absolute atomic E-state index is 6.25. The largest absolute Gasteiger partial charge is 0.368 e. The zero-order valence-electron chi connectivity index (χ0n) is 14.5. The van der Waals surface area contributed by atoms with Crippen LogP contribution < -0.4 is 0 Å². The van der Waals surface area contributed by atoms with E-state index >= 15 is 0 Å². The van der Waals surface area contributed by atoms with Crippen LogP contribution in [-0.2, 0) is 4.74 Å². The molecule has 0 N–H and O–H groups in total. The molecule has 0 bridgehead atoms. The molecule has 1 aliphatic carbocycles. The summed E-state index contributed by atoms with van der Waals surface area (Å²) in [5.41, 5.74) is 7.85. The van der Waals surface area contributed by atoms with Gasteiger partial charge in [-0.15, -0.1) is 0 Å². The summed E-state index contributed by atoms with van der Waals surface area (Å²) in [6.45, 7) is 0.699. The number of ether oxygens (including phenoxy) is 1. The van der Waals surface area contributed by atoms with Crippen LogP contribution in [0.25, 0.3) is 17.7 Å². The van der Waals surface area contributed by atoms with Gasteiger partial charge < -0.3 is 4.74 Å². The Labute approximate surface area is 154 Å². The molecular weight excluding hydrogens is 316 g/mol. The molecule has 5 rings (SSSR count). The van der Waals surface area contributed by atoms with E-state index < -0.39 is 0 Å². The molecular formula is C25H20O. The smallest absolute Gasteiger partial charge is 0.0942 e. The molecule has 0 radical (unpaired) electrons. The van der Waals surface area contributed by atoms with Crippen LogP contribution in [0.3, 0.4) is 0 Å². The summed E-state index contributed by atoms with van der Waals surface area (Å²) in [7, 11) is 0. The van der Waals surface area contributed by atoms with Crippen molar-refractivity contribution < 1.29 is 4.74 Å². The first-order valence-electron chi connectivity index (χ1n) is 9.13. The fourth-order valence-electron chi connectivity index (χ4n) is 4.17. The molecule has 1 saturated heterocycles. The standard InChI is InChI=1S/C25H20O/c1-3-9-18(10-4-1)15-20-17-26-25-22-14-8-7-13-21(22)23(24(20)25)16-19-11-5-2-6-12-19/h1-16,24-25H,17H2/b20-15+,23-16+/t24-,25+/m0/s1. The zero-order valence-corrected chi connectivity index (χ0v) is 14.5. The van der Waals surface area contributed by atoms with Crippen molar-refractivity contribution in [3.63, 3.8) is 0 Å². The lowest BCUT2D eigenvalue weighted by Crippen LogP contribution is -2.01. The summed E-state index contributed by atoms with van der Waals surface area (Å²) in [5.74, 6) is 0.299. The van der Waals surface area contributed by atoms with Gasteiger partial charge in [-0.2, -0.15) is 0 Å². The van der Waals surface area contributed by atoms with Crippen molar-refractivity contribution in [3.05, 3.63) is 113 Å². The first-order chi connectivity index (χ1) is 12.9. The van der Waals surface area contributed by atoms with E-state index in [1.54, 1.807) is 0 Å². The van der Waals surface area contributed by atoms with E-state index in [-0.39, 0.29) is 6.10 Å². The van der Waals surface area contributed by atoms with Gasteiger partial charge in [0.25, 0.3) is 0 Å². The van der Waals surface area contributed by atoms with Crippen LogP contribution in [0.2, 0.25) is 0 Å². The Morgan fingerprint density at radius 3 is 2.04 bits per heavy atom. The second-order valence-corrected chi connectivity index (χ2v) is 6.94. The van der Waals surface area contributed by atoms with Crippen LogP contribution in [0.4, 0.5) is 0 Å². The van der Waals surface area contributed by atoms with Gasteiger partial charge in [-0.3, -0.25) is 0 Å². The Kier molecular flexibility index (Phi) is 3.80. The average Bonchev–Trinajstić information content (AvgIpc) is 3.24. The lowest BCUT2D eigenvalue weighted by atomic mass is 9.89. The highest BCUT2D eigenvalue weighted by atomic mass is 16.5. The van der Waals surface area contributed by atoms with Gasteiger partial charge in [0.1, 0.15) is 0 Å². The van der Waals surface area contributed by atoms with E-state index in [4.69, 9.17) is 4.74 Å². The van der Waals surface area contributed by atoms with Gasteiger partial charge in [0, 0.05) is 5.92 Å². The molecule has 1 aliphatic heterocycles. The van der Waals surface area contributed by atoms with Gasteiger partial charge >= 0.3 is 0 Å². The SMILES string of the molecule is C(=C1/CO[C@@H]2c3ccccc3/C(=C\c3ccccc3)[C@H]12)/c1ccccc1. The van der Waals surface area contributed by atoms with E-state index in [9.17, 15) is 0 Å². The van der Waals surface area contributed by atoms with E-state index in [2.05, 4.69) is 97.1 Å². The number of fused-ring (bicyclic) bond motifs is 3. The predicted molar refractivity (Wildman–Crippen MR) is 107 cm³/mol. The summed E-state index contributed by atoms with van der Waals surface area (Å²) in [6, 6.07) is 29.8. The van der Waals surface area contributed by atoms with Crippen LogP contribution in [-0.4, -0.2) is 6.61 Å². The molecule has 2 atom stereocenters. The van der Waals surface area contributed by atoms with E-state index in [0.29, 0.717) is 12.5 Å². The highest BCUT2D eigenvalue weighted by Crippen LogP contribution is 2.54. The molecule has 2 aliphatic rings. The van der Waals surface area contributed by atoms with Gasteiger partial charge in [-0.25, -0.2) is 0 Å². The summed E-state index contributed by atoms with van der Waals surface area (Å²) in [5, 5.41) is 0. The molecule has 1 heteroatoms. The van der Waals surface area contributed by atoms with Crippen LogP contribution in [0.15, 0.2) is 90.5 Å². The van der Waals surface area contributed by atoms with Crippen molar-refractivity contribution in [1.29, 1.82) is 0 Å². The van der Waals surface area contributed by atoms with Crippen molar-refractivity contribution in [1.82, 2.24) is 0 Å². The molecule has 26 heavy (non-hydrogen) atoms. The number of hydrogen-bond donors (Lipinski definition) is 0. The highest BCUT2D eigenvalue weighted by Gasteiger charge is 2.43. The molecule has 0 amide bonds. The maximum Gasteiger partial charge on any atom is 0.0942 e. The summed E-state index contributed by atoms with van der Waals surface area (Å²) in [4.78, 5) is 0. The third-order valence-corrected chi connectivity index (χ3v) is 5.32. The Morgan fingerprint density at radius 1 is 0.692 bits per heavy atom. The first kappa shape index (κ1) is 15.4.